The van der Waals surface area contributed by atoms with Crippen molar-refractivity contribution in [3.8, 4) is 6.01 Å². The lowest BCUT2D eigenvalue weighted by atomic mass is 10.5. The molecule has 2 rings (SSSR count). The van der Waals surface area contributed by atoms with E-state index in [2.05, 4.69) is 9.97 Å². The largest absolute Gasteiger partial charge is 0.458 e. The van der Waals surface area contributed by atoms with Gasteiger partial charge in [0, 0.05) is 11.1 Å². The predicted octanol–water partition coefficient (Wildman–Crippen LogP) is 1.70. The van der Waals surface area contributed by atoms with Crippen molar-refractivity contribution in [3.63, 3.8) is 0 Å². The lowest BCUT2D eigenvalue weighted by Crippen LogP contribution is -1.99. The quantitative estimate of drug-likeness (QED) is 0.832. The van der Waals surface area contributed by atoms with Gasteiger partial charge in [-0.2, -0.15) is 4.98 Å². The smallest absolute Gasteiger partial charge is 0.318 e. The van der Waals surface area contributed by atoms with Gasteiger partial charge in [-0.15, -0.1) is 11.3 Å². The molecule has 5 heteroatoms. The molecule has 0 spiro atoms. The fourth-order valence-electron chi connectivity index (χ4n) is 0.954. The first kappa shape index (κ1) is 8.96. The second-order valence-corrected chi connectivity index (χ2v) is 3.66. The average Bonchev–Trinajstić information content (AvgIpc) is 2.67. The summed E-state index contributed by atoms with van der Waals surface area (Å²) < 4.78 is 5.34. The molecule has 0 bridgehead atoms. The van der Waals surface area contributed by atoms with Crippen LogP contribution in [0.3, 0.4) is 0 Å². The molecule has 0 saturated heterocycles. The van der Waals surface area contributed by atoms with Crippen LogP contribution in [-0.4, -0.2) is 9.97 Å². The molecular weight excluding hydrogens is 198 g/mol. The van der Waals surface area contributed by atoms with Crippen LogP contribution in [-0.2, 0) is 6.61 Å². The molecule has 2 heterocycles. The van der Waals surface area contributed by atoms with Gasteiger partial charge in [-0.3, -0.25) is 0 Å². The first-order valence-electron chi connectivity index (χ1n) is 4.08. The summed E-state index contributed by atoms with van der Waals surface area (Å²) in [4.78, 5) is 8.99. The summed E-state index contributed by atoms with van der Waals surface area (Å²) in [6.07, 6.45) is 1.58. The van der Waals surface area contributed by atoms with E-state index in [1.54, 1.807) is 23.6 Å². The molecule has 0 amide bonds. The molecule has 0 atom stereocenters. The van der Waals surface area contributed by atoms with Gasteiger partial charge in [0.25, 0.3) is 0 Å². The summed E-state index contributed by atoms with van der Waals surface area (Å²) >= 11 is 1.63. The van der Waals surface area contributed by atoms with Crippen molar-refractivity contribution in [2.45, 2.75) is 6.61 Å². The standard InChI is InChI=1S/C9H9N3OS/c10-8-3-4-11-9(12-8)13-6-7-2-1-5-14-7/h1-5H,6H2,(H2,10,11,12). The second kappa shape index (κ2) is 4.06. The van der Waals surface area contributed by atoms with Crippen molar-refractivity contribution in [3.05, 3.63) is 34.7 Å². The zero-order chi connectivity index (χ0) is 9.80. The number of hydrogen-bond donors (Lipinski definition) is 1. The first-order valence-corrected chi connectivity index (χ1v) is 4.96. The summed E-state index contributed by atoms with van der Waals surface area (Å²) in [6.45, 7) is 0.487. The van der Waals surface area contributed by atoms with Gasteiger partial charge >= 0.3 is 6.01 Å². The van der Waals surface area contributed by atoms with Crippen LogP contribution in [0, 0.1) is 0 Å². The van der Waals surface area contributed by atoms with Gasteiger partial charge < -0.3 is 10.5 Å². The highest BCUT2D eigenvalue weighted by atomic mass is 32.1. The topological polar surface area (TPSA) is 61.0 Å². The molecule has 0 fully saturated rings. The zero-order valence-corrected chi connectivity index (χ0v) is 8.20. The fraction of sp³-hybridized carbons (Fsp3) is 0.111. The SMILES string of the molecule is Nc1ccnc(OCc2cccs2)n1. The Kier molecular flexibility index (Phi) is 2.60. The lowest BCUT2D eigenvalue weighted by Gasteiger charge is -2.01. The summed E-state index contributed by atoms with van der Waals surface area (Å²) in [5, 5.41) is 2.00. The van der Waals surface area contributed by atoms with Crippen LogP contribution in [0.15, 0.2) is 29.8 Å². The van der Waals surface area contributed by atoms with Gasteiger partial charge in [0.15, 0.2) is 0 Å². The molecule has 72 valence electrons. The third kappa shape index (κ3) is 2.20. The van der Waals surface area contributed by atoms with E-state index in [1.807, 2.05) is 17.5 Å². The Morgan fingerprint density at radius 2 is 2.36 bits per heavy atom. The minimum atomic E-state index is 0.318. The third-order valence-corrected chi connectivity index (χ3v) is 2.43. The van der Waals surface area contributed by atoms with Crippen LogP contribution in [0.25, 0.3) is 0 Å². The van der Waals surface area contributed by atoms with Crippen LogP contribution in [0.5, 0.6) is 6.01 Å². The van der Waals surface area contributed by atoms with Crippen molar-refractivity contribution >= 4 is 17.2 Å². The summed E-state index contributed by atoms with van der Waals surface area (Å²) in [7, 11) is 0. The summed E-state index contributed by atoms with van der Waals surface area (Å²) in [6, 6.07) is 5.91. The van der Waals surface area contributed by atoms with Crippen molar-refractivity contribution in [1.29, 1.82) is 0 Å². The number of ether oxygens (including phenoxy) is 1. The Bertz CT molecular complexity index is 402. The van der Waals surface area contributed by atoms with Crippen LogP contribution in [0.4, 0.5) is 5.82 Å². The van der Waals surface area contributed by atoms with Crippen LogP contribution >= 0.6 is 11.3 Å². The Morgan fingerprint density at radius 3 is 3.07 bits per heavy atom. The van der Waals surface area contributed by atoms with Gasteiger partial charge in [-0.05, 0) is 17.5 Å². The molecule has 0 aliphatic carbocycles. The number of nitrogen functional groups attached to an aromatic ring is 1. The third-order valence-electron chi connectivity index (χ3n) is 1.58. The summed E-state index contributed by atoms with van der Waals surface area (Å²) in [5.74, 6) is 0.418. The van der Waals surface area contributed by atoms with Gasteiger partial charge in [0.05, 0.1) is 0 Å². The highest BCUT2D eigenvalue weighted by molar-refractivity contribution is 7.09. The van der Waals surface area contributed by atoms with Gasteiger partial charge in [-0.1, -0.05) is 6.07 Å². The molecule has 0 aliphatic heterocycles. The maximum atomic E-state index is 5.48. The predicted molar refractivity (Wildman–Crippen MR) is 55.1 cm³/mol. The molecule has 0 unspecified atom stereocenters. The number of aromatic nitrogens is 2. The normalized spacial score (nSPS) is 10.0. The number of anilines is 1. The van der Waals surface area contributed by atoms with E-state index in [0.29, 0.717) is 18.4 Å². The molecule has 14 heavy (non-hydrogen) atoms. The Hall–Kier alpha value is -1.62. The molecule has 2 aromatic rings. The minimum Gasteiger partial charge on any atom is -0.458 e. The molecule has 0 aliphatic rings. The van der Waals surface area contributed by atoms with E-state index >= 15 is 0 Å². The average molecular weight is 207 g/mol. The number of thiophene rings is 1. The molecule has 2 aromatic heterocycles. The number of nitrogens with two attached hydrogens (primary N) is 1. The Labute approximate surface area is 85.4 Å². The van der Waals surface area contributed by atoms with E-state index in [4.69, 9.17) is 10.5 Å². The molecule has 2 N–H and O–H groups in total. The second-order valence-electron chi connectivity index (χ2n) is 2.63. The fourth-order valence-corrected chi connectivity index (χ4v) is 1.57. The van der Waals surface area contributed by atoms with Gasteiger partial charge in [0.2, 0.25) is 0 Å². The van der Waals surface area contributed by atoms with E-state index in [0.717, 1.165) is 4.88 Å². The van der Waals surface area contributed by atoms with E-state index in [-0.39, 0.29) is 0 Å². The molecular formula is C9H9N3OS. The van der Waals surface area contributed by atoms with E-state index in [1.165, 1.54) is 0 Å². The monoisotopic (exact) mass is 207 g/mol. The van der Waals surface area contributed by atoms with Crippen molar-refractivity contribution in [2.75, 3.05) is 5.73 Å². The molecule has 0 saturated carbocycles. The van der Waals surface area contributed by atoms with Crippen LogP contribution in [0.2, 0.25) is 0 Å². The highest BCUT2D eigenvalue weighted by Crippen LogP contribution is 2.12. The molecule has 4 nitrogen and oxygen atoms in total. The molecule has 0 aromatic carbocycles. The number of nitrogens with zero attached hydrogens (tertiary/aromatic N) is 2. The molecule has 0 radical (unpaired) electrons. The lowest BCUT2D eigenvalue weighted by molar-refractivity contribution is 0.284. The Morgan fingerprint density at radius 1 is 1.43 bits per heavy atom. The highest BCUT2D eigenvalue weighted by Gasteiger charge is 1.99. The first-order chi connectivity index (χ1) is 6.84. The number of hydrogen-bond acceptors (Lipinski definition) is 5. The van der Waals surface area contributed by atoms with Gasteiger partial charge in [0.1, 0.15) is 12.4 Å². The minimum absolute atomic E-state index is 0.318. The van der Waals surface area contributed by atoms with Gasteiger partial charge in [-0.25, -0.2) is 4.98 Å². The maximum absolute atomic E-state index is 5.48. The number of rotatable bonds is 3. The van der Waals surface area contributed by atoms with Crippen molar-refractivity contribution in [2.24, 2.45) is 0 Å². The Balaban J connectivity index is 1.98. The van der Waals surface area contributed by atoms with Crippen molar-refractivity contribution in [1.82, 2.24) is 9.97 Å². The maximum Gasteiger partial charge on any atom is 0.318 e. The van der Waals surface area contributed by atoms with Crippen LogP contribution < -0.4 is 10.5 Å². The summed E-state index contributed by atoms with van der Waals surface area (Å²) in [5.41, 5.74) is 5.48. The van der Waals surface area contributed by atoms with E-state index < -0.39 is 0 Å². The van der Waals surface area contributed by atoms with Crippen molar-refractivity contribution < 1.29 is 4.74 Å². The van der Waals surface area contributed by atoms with Crippen LogP contribution in [0.1, 0.15) is 4.88 Å². The van der Waals surface area contributed by atoms with E-state index in [9.17, 15) is 0 Å². The zero-order valence-electron chi connectivity index (χ0n) is 7.38.